The Balaban J connectivity index is 1.79. The van der Waals surface area contributed by atoms with E-state index in [1.54, 1.807) is 6.20 Å². The first kappa shape index (κ1) is 20.8. The Morgan fingerprint density at radius 2 is 1.89 bits per heavy atom. The summed E-state index contributed by atoms with van der Waals surface area (Å²) in [5.74, 6) is 1.07. The number of benzene rings is 1. The second-order valence-electron chi connectivity index (χ2n) is 9.07. The van der Waals surface area contributed by atoms with Gasteiger partial charge in [-0.1, -0.05) is 39.8 Å². The summed E-state index contributed by atoms with van der Waals surface area (Å²) in [6.45, 7) is 15.3. The minimum absolute atomic E-state index is 0.252. The summed E-state index contributed by atoms with van der Waals surface area (Å²) in [6, 6.07) is 7.95. The molecule has 152 valence electrons. The zero-order chi connectivity index (χ0) is 20.5. The standard InChI is InChI=1S/C22H34N3O2Si/c1-7-20-23-18-16-25(26)19-13-9-8-12-17(19)21(18)24(20)14-10-11-15-27-28(5,6)22(2,3)4/h8-9,12-13,16,26H,7,10-11,14-15H2,1-6H3/q+1. The number of pyridine rings is 1. The molecular formula is C22H34N3O2Si+. The Hall–Kier alpha value is -1.92. The van der Waals surface area contributed by atoms with Crippen molar-refractivity contribution in [1.29, 1.82) is 0 Å². The summed E-state index contributed by atoms with van der Waals surface area (Å²) in [7, 11) is -1.67. The molecule has 0 aliphatic heterocycles. The molecule has 28 heavy (non-hydrogen) atoms. The molecule has 6 heteroatoms. The van der Waals surface area contributed by atoms with E-state index < -0.39 is 8.32 Å². The Morgan fingerprint density at radius 1 is 1.18 bits per heavy atom. The smallest absolute Gasteiger partial charge is 0.266 e. The maximum atomic E-state index is 10.3. The molecule has 0 amide bonds. The van der Waals surface area contributed by atoms with Crippen molar-refractivity contribution in [3.8, 4) is 0 Å². The van der Waals surface area contributed by atoms with Crippen molar-refractivity contribution < 1.29 is 14.4 Å². The van der Waals surface area contributed by atoms with Gasteiger partial charge in [-0.15, -0.1) is 0 Å². The van der Waals surface area contributed by atoms with Crippen molar-refractivity contribution in [2.75, 3.05) is 6.61 Å². The second-order valence-corrected chi connectivity index (χ2v) is 13.9. The van der Waals surface area contributed by atoms with Crippen LogP contribution >= 0.6 is 0 Å². The number of para-hydroxylation sites is 1. The predicted octanol–water partition coefficient (Wildman–Crippen LogP) is 5.08. The van der Waals surface area contributed by atoms with Gasteiger partial charge in [0.1, 0.15) is 5.82 Å². The van der Waals surface area contributed by atoms with Crippen LogP contribution in [0.2, 0.25) is 18.1 Å². The van der Waals surface area contributed by atoms with E-state index in [4.69, 9.17) is 9.41 Å². The lowest BCUT2D eigenvalue weighted by Crippen LogP contribution is -2.40. The van der Waals surface area contributed by atoms with Gasteiger partial charge >= 0.3 is 0 Å². The highest BCUT2D eigenvalue weighted by atomic mass is 28.4. The minimum Gasteiger partial charge on any atom is -0.417 e. The zero-order valence-electron chi connectivity index (χ0n) is 18.1. The molecule has 1 aromatic carbocycles. The molecule has 3 rings (SSSR count). The van der Waals surface area contributed by atoms with E-state index in [9.17, 15) is 5.21 Å². The Labute approximate surface area is 169 Å². The molecule has 0 fully saturated rings. The van der Waals surface area contributed by atoms with Gasteiger partial charge in [0.05, 0.1) is 10.9 Å². The molecule has 0 atom stereocenters. The van der Waals surface area contributed by atoms with E-state index in [1.165, 1.54) is 4.73 Å². The first-order chi connectivity index (χ1) is 13.2. The molecule has 0 aliphatic rings. The van der Waals surface area contributed by atoms with E-state index in [2.05, 4.69) is 51.4 Å². The number of rotatable bonds is 7. The SMILES string of the molecule is CCc1nc2c[n+](O)c3ccccc3c2n1CCCCO[Si](C)(C)C(C)(C)C. The van der Waals surface area contributed by atoms with Gasteiger partial charge in [0, 0.05) is 30.4 Å². The number of hydrogen-bond donors (Lipinski definition) is 1. The van der Waals surface area contributed by atoms with Gasteiger partial charge in [-0.05, 0) is 37.0 Å². The summed E-state index contributed by atoms with van der Waals surface area (Å²) in [5.41, 5.74) is 2.76. The minimum atomic E-state index is -1.67. The van der Waals surface area contributed by atoms with Crippen molar-refractivity contribution in [1.82, 2.24) is 9.55 Å². The third-order valence-corrected chi connectivity index (χ3v) is 10.6. The number of imidazole rings is 1. The molecule has 1 N–H and O–H groups in total. The van der Waals surface area contributed by atoms with Crippen LogP contribution in [0.4, 0.5) is 0 Å². The van der Waals surface area contributed by atoms with E-state index in [0.29, 0.717) is 0 Å². The molecule has 3 aromatic rings. The maximum absolute atomic E-state index is 10.3. The monoisotopic (exact) mass is 400 g/mol. The molecule has 5 nitrogen and oxygen atoms in total. The van der Waals surface area contributed by atoms with Gasteiger partial charge < -0.3 is 8.99 Å². The molecule has 0 saturated heterocycles. The van der Waals surface area contributed by atoms with Crippen LogP contribution in [0.3, 0.4) is 0 Å². The Morgan fingerprint density at radius 3 is 2.57 bits per heavy atom. The number of aromatic nitrogens is 3. The zero-order valence-corrected chi connectivity index (χ0v) is 19.1. The molecule has 0 spiro atoms. The van der Waals surface area contributed by atoms with Crippen LogP contribution in [0.1, 0.15) is 46.4 Å². The van der Waals surface area contributed by atoms with E-state index in [-0.39, 0.29) is 5.04 Å². The van der Waals surface area contributed by atoms with Crippen molar-refractivity contribution in [2.24, 2.45) is 0 Å². The quantitative estimate of drug-likeness (QED) is 0.260. The van der Waals surface area contributed by atoms with E-state index in [0.717, 1.165) is 60.2 Å². The van der Waals surface area contributed by atoms with Crippen molar-refractivity contribution >= 4 is 30.3 Å². The first-order valence-electron chi connectivity index (χ1n) is 10.3. The summed E-state index contributed by atoms with van der Waals surface area (Å²) >= 11 is 0. The normalized spacial score (nSPS) is 12.9. The molecule has 0 aliphatic carbocycles. The molecule has 0 bridgehead atoms. The van der Waals surface area contributed by atoms with Crippen molar-refractivity contribution in [2.45, 2.75) is 71.6 Å². The Bertz CT molecular complexity index is 973. The summed E-state index contributed by atoms with van der Waals surface area (Å²) in [4.78, 5) is 4.77. The van der Waals surface area contributed by atoms with Gasteiger partial charge in [-0.25, -0.2) is 4.98 Å². The molecular weight excluding hydrogens is 366 g/mol. The highest BCUT2D eigenvalue weighted by Crippen LogP contribution is 2.36. The number of aryl methyl sites for hydroxylation is 2. The highest BCUT2D eigenvalue weighted by Gasteiger charge is 2.36. The first-order valence-corrected chi connectivity index (χ1v) is 13.2. The largest absolute Gasteiger partial charge is 0.417 e. The number of unbranched alkanes of at least 4 members (excludes halogenated alkanes) is 1. The van der Waals surface area contributed by atoms with E-state index >= 15 is 0 Å². The predicted molar refractivity (Wildman–Crippen MR) is 116 cm³/mol. The van der Waals surface area contributed by atoms with Crippen LogP contribution in [0.5, 0.6) is 0 Å². The third kappa shape index (κ3) is 3.94. The van der Waals surface area contributed by atoms with Crippen LogP contribution in [0, 0.1) is 0 Å². The average Bonchev–Trinajstić information content (AvgIpc) is 2.98. The molecule has 0 unspecified atom stereocenters. The lowest BCUT2D eigenvalue weighted by Gasteiger charge is -2.36. The number of nitrogens with zero attached hydrogens (tertiary/aromatic N) is 3. The fourth-order valence-electron chi connectivity index (χ4n) is 3.38. The van der Waals surface area contributed by atoms with Gasteiger partial charge in [-0.3, -0.25) is 5.21 Å². The van der Waals surface area contributed by atoms with Gasteiger partial charge in [0.15, 0.2) is 13.8 Å². The maximum Gasteiger partial charge on any atom is 0.266 e. The fraction of sp³-hybridized carbons (Fsp3) is 0.545. The van der Waals surface area contributed by atoms with Crippen molar-refractivity contribution in [3.05, 3.63) is 36.3 Å². The second kappa shape index (κ2) is 7.83. The van der Waals surface area contributed by atoms with Crippen LogP contribution in [0.15, 0.2) is 30.5 Å². The lowest BCUT2D eigenvalue weighted by molar-refractivity contribution is -0.883. The van der Waals surface area contributed by atoms with E-state index in [1.807, 2.05) is 18.2 Å². The van der Waals surface area contributed by atoms with Crippen molar-refractivity contribution in [3.63, 3.8) is 0 Å². The van der Waals surface area contributed by atoms with Crippen LogP contribution in [-0.2, 0) is 17.4 Å². The topological polar surface area (TPSA) is 51.2 Å². The van der Waals surface area contributed by atoms with Gasteiger partial charge in [0.2, 0.25) is 0 Å². The van der Waals surface area contributed by atoms with Gasteiger partial charge in [0.25, 0.3) is 11.7 Å². The summed E-state index contributed by atoms with van der Waals surface area (Å²) < 4.78 is 9.83. The molecule has 2 heterocycles. The third-order valence-electron chi connectivity index (χ3n) is 6.09. The van der Waals surface area contributed by atoms with Gasteiger partial charge in [-0.2, -0.15) is 0 Å². The average molecular weight is 401 g/mol. The molecule has 0 saturated carbocycles. The number of hydrogen-bond acceptors (Lipinski definition) is 3. The highest BCUT2D eigenvalue weighted by molar-refractivity contribution is 6.74. The summed E-state index contributed by atoms with van der Waals surface area (Å²) in [6.07, 6.45) is 4.68. The fourth-order valence-corrected chi connectivity index (χ4v) is 4.47. The Kier molecular flexibility index (Phi) is 5.82. The molecule has 2 aromatic heterocycles. The summed E-state index contributed by atoms with van der Waals surface area (Å²) in [5, 5.41) is 11.6. The van der Waals surface area contributed by atoms with Crippen LogP contribution < -0.4 is 4.73 Å². The van der Waals surface area contributed by atoms with Crippen LogP contribution in [0.25, 0.3) is 21.9 Å². The number of fused-ring (bicyclic) bond motifs is 3. The lowest BCUT2D eigenvalue weighted by atomic mass is 10.2. The molecule has 0 radical (unpaired) electrons. The van der Waals surface area contributed by atoms with Crippen LogP contribution in [-0.4, -0.2) is 29.7 Å².